The van der Waals surface area contributed by atoms with Crippen LogP contribution in [0.5, 0.6) is 0 Å². The van der Waals surface area contributed by atoms with E-state index in [0.29, 0.717) is 11.3 Å². The first-order valence-electron chi connectivity index (χ1n) is 6.20. The summed E-state index contributed by atoms with van der Waals surface area (Å²) in [4.78, 5) is 14.2. The highest BCUT2D eigenvalue weighted by Crippen LogP contribution is 2.25. The maximum absolute atomic E-state index is 12.2. The van der Waals surface area contributed by atoms with Crippen molar-refractivity contribution in [2.75, 3.05) is 0 Å². The van der Waals surface area contributed by atoms with E-state index in [2.05, 4.69) is 20.7 Å². The number of thiophene rings is 2. The number of amides is 1. The summed E-state index contributed by atoms with van der Waals surface area (Å²) in [5.41, 5.74) is 4.87. The molecule has 0 saturated carbocycles. The fraction of sp³-hybridized carbons (Fsp3) is 0.0714. The first-order chi connectivity index (χ1) is 10.3. The second-order valence-electron chi connectivity index (χ2n) is 4.30. The molecule has 0 unspecified atom stereocenters. The lowest BCUT2D eigenvalue weighted by molar-refractivity contribution is 0.0956. The molecule has 0 radical (unpaired) electrons. The molecular formula is C14H12N4OS2. The quantitative estimate of drug-likeness (QED) is 0.573. The molecule has 3 aromatic heterocycles. The van der Waals surface area contributed by atoms with Gasteiger partial charge in [0.25, 0.3) is 5.91 Å². The van der Waals surface area contributed by atoms with Crippen LogP contribution in [0.15, 0.2) is 40.3 Å². The second kappa shape index (κ2) is 6.02. The molecule has 2 N–H and O–H groups in total. The highest BCUT2D eigenvalue weighted by molar-refractivity contribution is 7.13. The van der Waals surface area contributed by atoms with Gasteiger partial charge in [-0.1, -0.05) is 6.07 Å². The SMILES string of the molecule is Cc1ccsc1/C=N/NC(=O)c1cn[nH]c1-c1cccs1. The summed E-state index contributed by atoms with van der Waals surface area (Å²) in [5, 5.41) is 14.7. The van der Waals surface area contributed by atoms with Crippen molar-refractivity contribution in [1.29, 1.82) is 0 Å². The van der Waals surface area contributed by atoms with E-state index in [1.54, 1.807) is 28.9 Å². The van der Waals surface area contributed by atoms with Crippen LogP contribution in [-0.2, 0) is 0 Å². The number of carbonyl (C=O) groups is 1. The van der Waals surface area contributed by atoms with Crippen LogP contribution in [0.3, 0.4) is 0 Å². The van der Waals surface area contributed by atoms with Gasteiger partial charge in [0.1, 0.15) is 0 Å². The number of aromatic amines is 1. The molecule has 3 rings (SSSR count). The summed E-state index contributed by atoms with van der Waals surface area (Å²) in [6.07, 6.45) is 3.17. The standard InChI is InChI=1S/C14H12N4OS2/c1-9-4-6-21-12(9)8-16-18-14(19)10-7-15-17-13(10)11-3-2-5-20-11/h2-8H,1H3,(H,15,17)(H,18,19)/b16-8+. The number of hydrazone groups is 1. The number of H-pyrrole nitrogens is 1. The Hall–Kier alpha value is -2.25. The van der Waals surface area contributed by atoms with Gasteiger partial charge in [-0.2, -0.15) is 10.2 Å². The summed E-state index contributed by atoms with van der Waals surface area (Å²) in [5.74, 6) is -0.280. The molecule has 0 atom stereocenters. The van der Waals surface area contributed by atoms with Gasteiger partial charge in [0.05, 0.1) is 28.5 Å². The monoisotopic (exact) mass is 316 g/mol. The molecule has 5 nitrogen and oxygen atoms in total. The fourth-order valence-electron chi connectivity index (χ4n) is 1.79. The number of nitrogens with one attached hydrogen (secondary N) is 2. The molecule has 106 valence electrons. The second-order valence-corrected chi connectivity index (χ2v) is 6.20. The molecule has 0 spiro atoms. The van der Waals surface area contributed by atoms with Crippen LogP contribution in [-0.4, -0.2) is 22.3 Å². The van der Waals surface area contributed by atoms with Crippen molar-refractivity contribution in [3.05, 3.63) is 51.2 Å². The molecule has 0 bridgehead atoms. The van der Waals surface area contributed by atoms with Crippen LogP contribution in [0.1, 0.15) is 20.8 Å². The number of carbonyl (C=O) groups excluding carboxylic acids is 1. The molecule has 0 aliphatic rings. The Bertz CT molecular complexity index is 771. The van der Waals surface area contributed by atoms with Crippen molar-refractivity contribution in [2.45, 2.75) is 6.92 Å². The van der Waals surface area contributed by atoms with Crippen molar-refractivity contribution in [1.82, 2.24) is 15.6 Å². The minimum Gasteiger partial charge on any atom is -0.276 e. The molecule has 0 aliphatic carbocycles. The number of aromatic nitrogens is 2. The Kier molecular flexibility index (Phi) is 3.94. The van der Waals surface area contributed by atoms with Crippen molar-refractivity contribution in [2.24, 2.45) is 5.10 Å². The van der Waals surface area contributed by atoms with Crippen LogP contribution in [0.4, 0.5) is 0 Å². The molecule has 1 amide bonds. The molecule has 0 aromatic carbocycles. The summed E-state index contributed by atoms with van der Waals surface area (Å²) in [7, 11) is 0. The number of aryl methyl sites for hydroxylation is 1. The molecule has 7 heteroatoms. The van der Waals surface area contributed by atoms with Crippen LogP contribution >= 0.6 is 22.7 Å². The van der Waals surface area contributed by atoms with E-state index in [1.807, 2.05) is 35.9 Å². The van der Waals surface area contributed by atoms with Gasteiger partial charge < -0.3 is 0 Å². The fourth-order valence-corrected chi connectivity index (χ4v) is 3.31. The predicted octanol–water partition coefficient (Wildman–Crippen LogP) is 3.27. The van der Waals surface area contributed by atoms with Gasteiger partial charge >= 0.3 is 0 Å². The van der Waals surface area contributed by atoms with Gasteiger partial charge in [0, 0.05) is 4.88 Å². The lowest BCUT2D eigenvalue weighted by atomic mass is 10.2. The van der Waals surface area contributed by atoms with E-state index < -0.39 is 0 Å². The van der Waals surface area contributed by atoms with Crippen molar-refractivity contribution in [3.63, 3.8) is 0 Å². The molecule has 3 heterocycles. The van der Waals surface area contributed by atoms with Gasteiger partial charge in [-0.05, 0) is 35.4 Å². The zero-order valence-electron chi connectivity index (χ0n) is 11.2. The zero-order valence-corrected chi connectivity index (χ0v) is 12.8. The Labute approximate surface area is 129 Å². The summed E-state index contributed by atoms with van der Waals surface area (Å²) in [6.45, 7) is 2.00. The largest absolute Gasteiger partial charge is 0.276 e. The lowest BCUT2D eigenvalue weighted by Gasteiger charge is -1.99. The molecular weight excluding hydrogens is 304 g/mol. The summed E-state index contributed by atoms with van der Waals surface area (Å²) < 4.78 is 0. The minimum absolute atomic E-state index is 0.280. The smallest absolute Gasteiger partial charge is 0.275 e. The molecule has 0 saturated heterocycles. The number of rotatable bonds is 4. The van der Waals surface area contributed by atoms with Crippen LogP contribution in [0.2, 0.25) is 0 Å². The van der Waals surface area contributed by atoms with Crippen LogP contribution < -0.4 is 5.43 Å². The molecule has 21 heavy (non-hydrogen) atoms. The Morgan fingerprint density at radius 2 is 2.29 bits per heavy atom. The zero-order chi connectivity index (χ0) is 14.7. The van der Waals surface area contributed by atoms with Crippen molar-refractivity contribution in [3.8, 4) is 10.6 Å². The Balaban J connectivity index is 1.74. The summed E-state index contributed by atoms with van der Waals surface area (Å²) in [6, 6.07) is 5.88. The number of hydrogen-bond donors (Lipinski definition) is 2. The van der Waals surface area contributed by atoms with Gasteiger partial charge in [-0.25, -0.2) is 5.43 Å². The van der Waals surface area contributed by atoms with E-state index in [1.165, 1.54) is 6.20 Å². The first-order valence-corrected chi connectivity index (χ1v) is 7.96. The average molecular weight is 316 g/mol. The van der Waals surface area contributed by atoms with Crippen LogP contribution in [0, 0.1) is 6.92 Å². The summed E-state index contributed by atoms with van der Waals surface area (Å²) >= 11 is 3.13. The lowest BCUT2D eigenvalue weighted by Crippen LogP contribution is -2.17. The van der Waals surface area contributed by atoms with E-state index in [0.717, 1.165) is 15.3 Å². The van der Waals surface area contributed by atoms with E-state index in [-0.39, 0.29) is 5.91 Å². The third-order valence-corrected chi connectivity index (χ3v) is 4.74. The predicted molar refractivity (Wildman–Crippen MR) is 86.0 cm³/mol. The van der Waals surface area contributed by atoms with E-state index in [4.69, 9.17) is 0 Å². The maximum atomic E-state index is 12.2. The highest BCUT2D eigenvalue weighted by Gasteiger charge is 2.15. The van der Waals surface area contributed by atoms with Crippen molar-refractivity contribution >= 4 is 34.8 Å². The Morgan fingerprint density at radius 3 is 3.00 bits per heavy atom. The molecule has 3 aromatic rings. The van der Waals surface area contributed by atoms with Gasteiger partial charge in [0.15, 0.2) is 0 Å². The molecule has 0 fully saturated rings. The van der Waals surface area contributed by atoms with E-state index >= 15 is 0 Å². The average Bonchev–Trinajstić information content (AvgIpc) is 3.19. The topological polar surface area (TPSA) is 70.1 Å². The number of nitrogens with zero attached hydrogens (tertiary/aromatic N) is 2. The van der Waals surface area contributed by atoms with E-state index in [9.17, 15) is 4.79 Å². The van der Waals surface area contributed by atoms with Crippen LogP contribution in [0.25, 0.3) is 10.6 Å². The van der Waals surface area contributed by atoms with Gasteiger partial charge in [0.2, 0.25) is 0 Å². The van der Waals surface area contributed by atoms with Crippen molar-refractivity contribution < 1.29 is 4.79 Å². The third-order valence-electron chi connectivity index (χ3n) is 2.90. The normalized spacial score (nSPS) is 11.1. The number of hydrogen-bond acceptors (Lipinski definition) is 5. The van der Waals surface area contributed by atoms with Gasteiger partial charge in [-0.15, -0.1) is 22.7 Å². The first kappa shape index (κ1) is 13.7. The molecule has 0 aliphatic heterocycles. The minimum atomic E-state index is -0.280. The third kappa shape index (κ3) is 2.93. The maximum Gasteiger partial charge on any atom is 0.275 e. The highest BCUT2D eigenvalue weighted by atomic mass is 32.1. The Morgan fingerprint density at radius 1 is 1.38 bits per heavy atom. The van der Waals surface area contributed by atoms with Gasteiger partial charge in [-0.3, -0.25) is 9.89 Å².